The third-order valence-electron chi connectivity index (χ3n) is 6.57. The fourth-order valence-electron chi connectivity index (χ4n) is 4.78. The summed E-state index contributed by atoms with van der Waals surface area (Å²) in [6.45, 7) is 20.6. The Bertz CT molecular complexity index is 1570. The first-order valence-electron chi connectivity index (χ1n) is 13.7. The van der Waals surface area contributed by atoms with E-state index in [-0.39, 0.29) is 88.6 Å². The number of rotatable bonds is 3. The van der Waals surface area contributed by atoms with Crippen LogP contribution in [-0.4, -0.2) is 29.8 Å². The maximum absolute atomic E-state index is 12.4. The average Bonchev–Trinajstić information content (AvgIpc) is 2.85. The number of ether oxygens (including phenoxy) is 1. The number of aromatic nitrogens is 5. The van der Waals surface area contributed by atoms with Gasteiger partial charge in [-0.3, -0.25) is 19.7 Å². The molecule has 4 rings (SSSR count). The summed E-state index contributed by atoms with van der Waals surface area (Å²) >= 11 is 0. The van der Waals surface area contributed by atoms with E-state index in [0.29, 0.717) is 5.69 Å². The number of carbonyl (C=O) groups excluding carboxylic acids is 1. The van der Waals surface area contributed by atoms with Crippen molar-refractivity contribution in [2.75, 3.05) is 5.32 Å². The van der Waals surface area contributed by atoms with Crippen molar-refractivity contribution in [1.29, 1.82) is 0 Å². The van der Waals surface area contributed by atoms with E-state index in [1.165, 1.54) is 0 Å². The molecule has 3 aromatic rings. The van der Waals surface area contributed by atoms with Gasteiger partial charge in [0.25, 0.3) is 5.56 Å². The van der Waals surface area contributed by atoms with Gasteiger partial charge in [-0.1, -0.05) is 12.4 Å². The first-order chi connectivity index (χ1) is 19.3. The number of nitrogens with one attached hydrogen (secondary N) is 3. The minimum absolute atomic E-state index is 0. The number of carbonyl (C=O) groups is 1. The molecule has 13 nitrogen and oxygen atoms in total. The molecule has 0 bridgehead atoms. The van der Waals surface area contributed by atoms with Gasteiger partial charge >= 0.3 is 6.09 Å². The van der Waals surface area contributed by atoms with E-state index in [4.69, 9.17) is 16.2 Å². The van der Waals surface area contributed by atoms with E-state index in [2.05, 4.69) is 15.3 Å². The van der Waals surface area contributed by atoms with Gasteiger partial charge in [0.1, 0.15) is 11.3 Å². The average molecular weight is 950 g/mol. The van der Waals surface area contributed by atoms with E-state index >= 15 is 0 Å². The minimum Gasteiger partial charge on any atom is -0.478 e. The summed E-state index contributed by atoms with van der Waals surface area (Å²) in [6.07, 6.45) is 2.51. The summed E-state index contributed by atoms with van der Waals surface area (Å²) in [6, 6.07) is 2.12. The molecule has 0 aliphatic carbocycles. The SMILES string of the molecule is Cc1cc2c(c(=O)n1C(C)C)NC(=O)OC2(C)C.Cc1cnc([NH-])c(=O)n1C(C)C.Cc1cnc([NH-])c(=O)n1C(C)C.[W].[W]. The third-order valence-corrected chi connectivity index (χ3v) is 6.57. The Morgan fingerprint density at radius 1 is 0.705 bits per heavy atom. The maximum atomic E-state index is 12.4. The molecule has 0 fully saturated rings. The van der Waals surface area contributed by atoms with E-state index in [0.717, 1.165) is 22.6 Å². The number of hydrogen-bond acceptors (Lipinski definition) is 7. The molecule has 15 heteroatoms. The molecule has 44 heavy (non-hydrogen) atoms. The minimum atomic E-state index is -0.780. The van der Waals surface area contributed by atoms with Crippen LogP contribution in [0.2, 0.25) is 0 Å². The predicted molar refractivity (Wildman–Crippen MR) is 164 cm³/mol. The second-order valence-corrected chi connectivity index (χ2v) is 11.4. The summed E-state index contributed by atoms with van der Waals surface area (Å²) < 4.78 is 10.0. The van der Waals surface area contributed by atoms with Gasteiger partial charge in [-0.25, -0.2) is 4.79 Å². The van der Waals surface area contributed by atoms with Crippen LogP contribution in [0, 0.1) is 20.8 Å². The summed E-state index contributed by atoms with van der Waals surface area (Å²) in [7, 11) is 0. The fraction of sp³-hybridized carbons (Fsp3) is 0.517. The van der Waals surface area contributed by atoms with Crippen LogP contribution in [0.1, 0.15) is 96.2 Å². The Morgan fingerprint density at radius 2 is 1.07 bits per heavy atom. The molecule has 0 atom stereocenters. The van der Waals surface area contributed by atoms with Crippen LogP contribution in [0.25, 0.3) is 11.5 Å². The number of pyridine rings is 1. The predicted octanol–water partition coefficient (Wildman–Crippen LogP) is 6.16. The van der Waals surface area contributed by atoms with Crippen molar-refractivity contribution in [2.45, 2.75) is 99.9 Å². The van der Waals surface area contributed by atoms with E-state index < -0.39 is 11.7 Å². The summed E-state index contributed by atoms with van der Waals surface area (Å²) in [5.41, 5.74) is 16.3. The maximum Gasteiger partial charge on any atom is 0.412 e. The first kappa shape index (κ1) is 41.0. The van der Waals surface area contributed by atoms with Crippen LogP contribution in [0.4, 0.5) is 22.1 Å². The van der Waals surface area contributed by atoms with Crippen molar-refractivity contribution in [3.05, 3.63) is 83.6 Å². The molecule has 242 valence electrons. The standard InChI is InChI=1S/C13H18N2O3.2C8H12N3O.2W/c1-7(2)15-8(3)6-9-10(11(15)16)14-12(17)18-13(9,4)5;2*1-5(2)11-6(3)4-10-7(9)8(11)12;;/h6-7H,1-5H3,(H,14,17);2*4-5H,1-3H3,(H-,9,10);;/q;2*-1;;. The number of nitrogens with zero attached hydrogens (tertiary/aromatic N) is 5. The van der Waals surface area contributed by atoms with Crippen LogP contribution < -0.4 is 22.0 Å². The van der Waals surface area contributed by atoms with Crippen molar-refractivity contribution < 1.29 is 51.7 Å². The first-order valence-corrected chi connectivity index (χ1v) is 13.7. The van der Waals surface area contributed by atoms with Gasteiger partial charge in [-0.05, 0) is 82.2 Å². The van der Waals surface area contributed by atoms with E-state index in [9.17, 15) is 19.2 Å². The number of cyclic esters (lactones) is 1. The quantitative estimate of drug-likeness (QED) is 0.327. The Labute approximate surface area is 286 Å². The Balaban J connectivity index is 0.000000637. The molecular formula is C29H42N8O5W2-2. The van der Waals surface area contributed by atoms with Gasteiger partial charge in [0.05, 0.1) is 0 Å². The molecule has 3 N–H and O–H groups in total. The topological polar surface area (TPSA) is 178 Å². The number of hydrogen-bond donors (Lipinski definition) is 1. The molecule has 0 saturated heterocycles. The summed E-state index contributed by atoms with van der Waals surface area (Å²) in [4.78, 5) is 53.9. The number of aryl methyl sites for hydroxylation is 3. The van der Waals surface area contributed by atoms with Crippen molar-refractivity contribution in [1.82, 2.24) is 23.7 Å². The zero-order valence-corrected chi connectivity index (χ0v) is 32.9. The van der Waals surface area contributed by atoms with E-state index in [1.54, 1.807) is 39.9 Å². The molecule has 0 radical (unpaired) electrons. The third kappa shape index (κ3) is 9.24. The van der Waals surface area contributed by atoms with Crippen LogP contribution >= 0.6 is 0 Å². The molecule has 1 aliphatic rings. The molecule has 1 amide bonds. The molecule has 0 saturated carbocycles. The smallest absolute Gasteiger partial charge is 0.412 e. The van der Waals surface area contributed by atoms with Crippen LogP contribution in [0.3, 0.4) is 0 Å². The molecule has 0 unspecified atom stereocenters. The largest absolute Gasteiger partial charge is 0.478 e. The van der Waals surface area contributed by atoms with Crippen LogP contribution in [0.5, 0.6) is 0 Å². The van der Waals surface area contributed by atoms with Gasteiger partial charge < -0.3 is 39.9 Å². The van der Waals surface area contributed by atoms with E-state index in [1.807, 2.05) is 68.4 Å². The molecular weight excluding hydrogens is 908 g/mol. The van der Waals surface area contributed by atoms with Crippen molar-refractivity contribution in [3.63, 3.8) is 0 Å². The molecule has 0 aromatic carbocycles. The van der Waals surface area contributed by atoms with Gasteiger partial charge in [0, 0.05) is 94.5 Å². The molecule has 3 aromatic heterocycles. The van der Waals surface area contributed by atoms with Crippen molar-refractivity contribution in [2.24, 2.45) is 0 Å². The van der Waals surface area contributed by atoms with Gasteiger partial charge in [-0.15, -0.1) is 0 Å². The van der Waals surface area contributed by atoms with Gasteiger partial charge in [0.2, 0.25) is 11.1 Å². The summed E-state index contributed by atoms with van der Waals surface area (Å²) in [5.74, 6) is -0.372. The Morgan fingerprint density at radius 3 is 1.41 bits per heavy atom. The molecule has 4 heterocycles. The van der Waals surface area contributed by atoms with Crippen molar-refractivity contribution in [3.8, 4) is 0 Å². The Hall–Kier alpha value is -3.04. The van der Waals surface area contributed by atoms with Crippen molar-refractivity contribution >= 4 is 23.4 Å². The monoisotopic (exact) mass is 950 g/mol. The number of anilines is 1. The van der Waals surface area contributed by atoms with Gasteiger partial charge in [-0.2, -0.15) is 0 Å². The second kappa shape index (κ2) is 16.3. The summed E-state index contributed by atoms with van der Waals surface area (Å²) in [5, 5.41) is 2.51. The molecule has 0 spiro atoms. The molecule has 1 aliphatic heterocycles. The number of amides is 1. The normalized spacial score (nSPS) is 12.8. The Kier molecular flexibility index (Phi) is 15.2. The zero-order valence-electron chi connectivity index (χ0n) is 27.1. The number of fused-ring (bicyclic) bond motifs is 1. The zero-order chi connectivity index (χ0) is 32.3. The van der Waals surface area contributed by atoms with Crippen LogP contribution in [-0.2, 0) is 52.5 Å². The second-order valence-electron chi connectivity index (χ2n) is 11.4. The fourth-order valence-corrected chi connectivity index (χ4v) is 4.78. The van der Waals surface area contributed by atoms with Crippen LogP contribution in [0.15, 0.2) is 32.8 Å². The van der Waals surface area contributed by atoms with Gasteiger partial charge in [0.15, 0.2) is 0 Å².